The number of rotatable bonds is 3. The first kappa shape index (κ1) is 21.4. The average molecular weight is 457 g/mol. The zero-order chi connectivity index (χ0) is 22.5. The van der Waals surface area contributed by atoms with Crippen LogP contribution in [-0.4, -0.2) is 50.1 Å². The van der Waals surface area contributed by atoms with Crippen molar-refractivity contribution in [1.29, 1.82) is 0 Å². The number of nitrogens with two attached hydrogens (primary N) is 1. The molecule has 1 fully saturated rings. The highest BCUT2D eigenvalue weighted by Crippen LogP contribution is 2.35. The van der Waals surface area contributed by atoms with E-state index in [1.807, 2.05) is 0 Å². The molecule has 3 heterocycles. The molecular formula is C19H20ClF3N6O2. The van der Waals surface area contributed by atoms with Gasteiger partial charge in [-0.15, -0.1) is 0 Å². The van der Waals surface area contributed by atoms with Crippen molar-refractivity contribution in [2.45, 2.75) is 38.3 Å². The summed E-state index contributed by atoms with van der Waals surface area (Å²) in [6, 6.07) is 2.56. The van der Waals surface area contributed by atoms with E-state index in [4.69, 9.17) is 17.3 Å². The Hall–Kier alpha value is -2.79. The van der Waals surface area contributed by atoms with Gasteiger partial charge in [-0.05, 0) is 42.3 Å². The van der Waals surface area contributed by atoms with E-state index in [0.717, 1.165) is 12.1 Å². The van der Waals surface area contributed by atoms with Crippen LogP contribution in [0, 0.1) is 0 Å². The molecular weight excluding hydrogens is 437 g/mol. The second-order valence-corrected chi connectivity index (χ2v) is 8.05. The minimum Gasteiger partial charge on any atom is -0.399 e. The number of hydrogen-bond acceptors (Lipinski definition) is 6. The van der Waals surface area contributed by atoms with Crippen molar-refractivity contribution in [2.24, 2.45) is 0 Å². The van der Waals surface area contributed by atoms with Gasteiger partial charge in [0.05, 0.1) is 49.6 Å². The van der Waals surface area contributed by atoms with Gasteiger partial charge in [0, 0.05) is 11.3 Å². The SMILES string of the molecule is C[C@@H](Nc1nc(Cl)nc2c1CN(C(=O)N1CC(O)C1)C2)c1cc(N)cc(C(F)(F)F)c1. The number of nitrogens with zero attached hydrogens (tertiary/aromatic N) is 4. The second-order valence-electron chi connectivity index (χ2n) is 7.72. The second kappa shape index (κ2) is 7.72. The number of anilines is 2. The number of aliphatic hydroxyl groups is 1. The normalized spacial score (nSPS) is 17.4. The fourth-order valence-electron chi connectivity index (χ4n) is 3.67. The van der Waals surface area contributed by atoms with Crippen molar-refractivity contribution in [1.82, 2.24) is 19.8 Å². The molecule has 8 nitrogen and oxygen atoms in total. The number of halogens is 4. The number of benzene rings is 1. The zero-order valence-corrected chi connectivity index (χ0v) is 17.2. The largest absolute Gasteiger partial charge is 0.416 e. The third kappa shape index (κ3) is 4.33. The summed E-state index contributed by atoms with van der Waals surface area (Å²) in [5.41, 5.74) is 6.37. The van der Waals surface area contributed by atoms with Crippen LogP contribution in [0.15, 0.2) is 18.2 Å². The fourth-order valence-corrected chi connectivity index (χ4v) is 3.86. The van der Waals surface area contributed by atoms with Crippen LogP contribution in [0.25, 0.3) is 0 Å². The van der Waals surface area contributed by atoms with Crippen LogP contribution in [0.3, 0.4) is 0 Å². The Morgan fingerprint density at radius 2 is 1.97 bits per heavy atom. The molecule has 2 aromatic rings. The summed E-state index contributed by atoms with van der Waals surface area (Å²) >= 11 is 6.04. The van der Waals surface area contributed by atoms with Gasteiger partial charge in [0.25, 0.3) is 0 Å². The molecule has 166 valence electrons. The van der Waals surface area contributed by atoms with Crippen molar-refractivity contribution < 1.29 is 23.1 Å². The van der Waals surface area contributed by atoms with Gasteiger partial charge in [-0.1, -0.05) is 0 Å². The molecule has 0 aliphatic carbocycles. The van der Waals surface area contributed by atoms with E-state index in [-0.39, 0.29) is 43.2 Å². The predicted octanol–water partition coefficient (Wildman–Crippen LogP) is 3.02. The standard InChI is InChI=1S/C19H20ClF3N6O2/c1-9(10-2-11(19(21,22)23)4-12(24)3-10)25-16-14-7-29(8-15(14)26-17(20)27-16)18(31)28-5-13(30)6-28/h2-4,9,13,30H,5-8,24H2,1H3,(H,25,26,27)/t9-/m1/s1. The number of aliphatic hydroxyl groups excluding tert-OH is 1. The van der Waals surface area contributed by atoms with Crippen LogP contribution < -0.4 is 11.1 Å². The number of fused-ring (bicyclic) bond motifs is 1. The van der Waals surface area contributed by atoms with Crippen LogP contribution in [0.1, 0.15) is 35.3 Å². The maximum absolute atomic E-state index is 13.1. The quantitative estimate of drug-likeness (QED) is 0.484. The maximum atomic E-state index is 13.1. The Kier molecular flexibility index (Phi) is 5.34. The molecule has 0 saturated carbocycles. The molecule has 1 aromatic carbocycles. The molecule has 0 unspecified atom stereocenters. The Morgan fingerprint density at radius 3 is 2.61 bits per heavy atom. The van der Waals surface area contributed by atoms with Crippen molar-refractivity contribution in [2.75, 3.05) is 24.1 Å². The van der Waals surface area contributed by atoms with Gasteiger partial charge < -0.3 is 26.0 Å². The van der Waals surface area contributed by atoms with Gasteiger partial charge in [-0.3, -0.25) is 0 Å². The van der Waals surface area contributed by atoms with E-state index in [2.05, 4.69) is 15.3 Å². The van der Waals surface area contributed by atoms with Crippen LogP contribution in [0.4, 0.5) is 29.5 Å². The fraction of sp³-hybridized carbons (Fsp3) is 0.421. The van der Waals surface area contributed by atoms with E-state index >= 15 is 0 Å². The lowest BCUT2D eigenvalue weighted by molar-refractivity contribution is -0.137. The predicted molar refractivity (Wildman–Crippen MR) is 107 cm³/mol. The van der Waals surface area contributed by atoms with Crippen molar-refractivity contribution in [3.63, 3.8) is 0 Å². The number of hydrogen-bond donors (Lipinski definition) is 3. The van der Waals surface area contributed by atoms with Crippen LogP contribution in [0.5, 0.6) is 0 Å². The number of amides is 2. The summed E-state index contributed by atoms with van der Waals surface area (Å²) in [6.07, 6.45) is -5.03. The summed E-state index contributed by atoms with van der Waals surface area (Å²) in [5.74, 6) is 0.345. The Labute approximate surface area is 180 Å². The van der Waals surface area contributed by atoms with Crippen LogP contribution >= 0.6 is 11.6 Å². The van der Waals surface area contributed by atoms with Crippen LogP contribution in [-0.2, 0) is 19.3 Å². The molecule has 4 N–H and O–H groups in total. The molecule has 4 rings (SSSR count). The zero-order valence-electron chi connectivity index (χ0n) is 16.4. The third-order valence-electron chi connectivity index (χ3n) is 5.32. The topological polar surface area (TPSA) is 108 Å². The molecule has 2 amide bonds. The summed E-state index contributed by atoms with van der Waals surface area (Å²) in [5, 5.41) is 12.5. The van der Waals surface area contributed by atoms with Gasteiger partial charge >= 0.3 is 12.2 Å². The molecule has 12 heteroatoms. The lowest BCUT2D eigenvalue weighted by atomic mass is 10.0. The summed E-state index contributed by atoms with van der Waals surface area (Å²) in [7, 11) is 0. The third-order valence-corrected chi connectivity index (χ3v) is 5.49. The minimum absolute atomic E-state index is 0.00192. The van der Waals surface area contributed by atoms with E-state index in [1.165, 1.54) is 11.0 Å². The highest BCUT2D eigenvalue weighted by atomic mass is 35.5. The number of nitrogen functional groups attached to an aromatic ring is 1. The summed E-state index contributed by atoms with van der Waals surface area (Å²) in [4.78, 5) is 24.0. The number of urea groups is 1. The lowest BCUT2D eigenvalue weighted by Crippen LogP contribution is -2.56. The number of aromatic nitrogens is 2. The molecule has 0 radical (unpaired) electrons. The molecule has 31 heavy (non-hydrogen) atoms. The highest BCUT2D eigenvalue weighted by molar-refractivity contribution is 6.28. The van der Waals surface area contributed by atoms with E-state index in [1.54, 1.807) is 11.8 Å². The number of β-amino-alcohol motifs (C(OH)–C–C–N with tert-alkyl or cyclic N) is 1. The molecule has 0 bridgehead atoms. The van der Waals surface area contributed by atoms with Gasteiger partial charge in [0.2, 0.25) is 5.28 Å². The first-order valence-corrected chi connectivity index (χ1v) is 9.90. The Morgan fingerprint density at radius 1 is 1.26 bits per heavy atom. The van der Waals surface area contributed by atoms with Crippen molar-refractivity contribution in [3.05, 3.63) is 45.9 Å². The van der Waals surface area contributed by atoms with Gasteiger partial charge in [0.1, 0.15) is 5.82 Å². The highest BCUT2D eigenvalue weighted by Gasteiger charge is 2.36. The molecule has 1 saturated heterocycles. The first-order valence-electron chi connectivity index (χ1n) is 9.52. The monoisotopic (exact) mass is 456 g/mol. The smallest absolute Gasteiger partial charge is 0.399 e. The molecule has 1 atom stereocenters. The number of likely N-dealkylation sites (tertiary alicyclic amines) is 1. The molecule has 2 aliphatic heterocycles. The van der Waals surface area contributed by atoms with Crippen LogP contribution in [0.2, 0.25) is 5.28 Å². The Bertz CT molecular complexity index is 1030. The van der Waals surface area contributed by atoms with Gasteiger partial charge in [0.15, 0.2) is 0 Å². The number of carbonyl (C=O) groups excluding carboxylic acids is 1. The van der Waals surface area contributed by atoms with E-state index in [9.17, 15) is 23.1 Å². The van der Waals surface area contributed by atoms with Gasteiger partial charge in [-0.2, -0.15) is 13.2 Å². The average Bonchev–Trinajstić information content (AvgIpc) is 3.08. The molecule has 0 spiro atoms. The number of nitrogens with one attached hydrogen (secondary N) is 1. The minimum atomic E-state index is -4.52. The summed E-state index contributed by atoms with van der Waals surface area (Å²) in [6.45, 7) is 2.67. The maximum Gasteiger partial charge on any atom is 0.416 e. The summed E-state index contributed by atoms with van der Waals surface area (Å²) < 4.78 is 39.4. The van der Waals surface area contributed by atoms with E-state index in [0.29, 0.717) is 22.6 Å². The Balaban J connectivity index is 1.56. The van der Waals surface area contributed by atoms with Crippen molar-refractivity contribution >= 4 is 29.1 Å². The number of carbonyl (C=O) groups is 1. The van der Waals surface area contributed by atoms with E-state index < -0.39 is 23.9 Å². The molecule has 2 aliphatic rings. The lowest BCUT2D eigenvalue weighted by Gasteiger charge is -2.38. The molecule has 1 aromatic heterocycles. The first-order chi connectivity index (χ1) is 14.5. The number of alkyl halides is 3. The van der Waals surface area contributed by atoms with Crippen molar-refractivity contribution in [3.8, 4) is 0 Å². The van der Waals surface area contributed by atoms with Gasteiger partial charge in [-0.25, -0.2) is 14.8 Å².